The van der Waals surface area contributed by atoms with Crippen LogP contribution in [0, 0.1) is 6.92 Å². The molecule has 0 aromatic heterocycles. The number of carbonyl (C=O) groups excluding carboxylic acids is 2. The molecule has 8 heteroatoms. The zero-order valence-corrected chi connectivity index (χ0v) is 24.6. The van der Waals surface area contributed by atoms with E-state index in [1.807, 2.05) is 85.8 Å². The largest absolute Gasteiger partial charge is 0.354 e. The van der Waals surface area contributed by atoms with Gasteiger partial charge in [0.15, 0.2) is 0 Å². The summed E-state index contributed by atoms with van der Waals surface area (Å²) in [6.07, 6.45) is 3.80. The molecule has 3 aromatic rings. The highest BCUT2D eigenvalue weighted by molar-refractivity contribution is 7.92. The van der Waals surface area contributed by atoms with Crippen molar-refractivity contribution in [1.29, 1.82) is 0 Å². The van der Waals surface area contributed by atoms with Gasteiger partial charge in [0.05, 0.1) is 11.9 Å². The number of unbranched alkanes of at least 4 members (excludes halogenated alkanes) is 1. The molecule has 1 N–H and O–H groups in total. The van der Waals surface area contributed by atoms with Crippen LogP contribution in [0.5, 0.6) is 0 Å². The van der Waals surface area contributed by atoms with Gasteiger partial charge in [0.1, 0.15) is 6.04 Å². The second-order valence-corrected chi connectivity index (χ2v) is 12.0. The first-order valence-electron chi connectivity index (χ1n) is 13.9. The highest BCUT2D eigenvalue weighted by atomic mass is 32.2. The quantitative estimate of drug-likeness (QED) is 0.261. The van der Waals surface area contributed by atoms with Crippen molar-refractivity contribution >= 4 is 27.5 Å². The van der Waals surface area contributed by atoms with E-state index in [1.165, 1.54) is 10.6 Å². The minimum atomic E-state index is -3.54. The Morgan fingerprint density at radius 2 is 1.52 bits per heavy atom. The van der Waals surface area contributed by atoms with E-state index in [1.54, 1.807) is 11.0 Å². The zero-order valence-electron chi connectivity index (χ0n) is 23.8. The molecular weight excluding hydrogens is 522 g/mol. The average molecular weight is 564 g/mol. The molecule has 0 bridgehead atoms. The molecule has 7 nitrogen and oxygen atoms in total. The molecule has 214 valence electrons. The van der Waals surface area contributed by atoms with Crippen LogP contribution >= 0.6 is 0 Å². The van der Waals surface area contributed by atoms with E-state index in [0.717, 1.165) is 29.5 Å². The number of nitrogens with one attached hydrogen (secondary N) is 1. The molecule has 0 spiro atoms. The summed E-state index contributed by atoms with van der Waals surface area (Å²) >= 11 is 0. The average Bonchev–Trinajstić information content (AvgIpc) is 2.93. The van der Waals surface area contributed by atoms with Gasteiger partial charge in [-0.2, -0.15) is 0 Å². The molecule has 0 unspecified atom stereocenters. The number of nitrogens with zero attached hydrogens (tertiary/aromatic N) is 2. The summed E-state index contributed by atoms with van der Waals surface area (Å²) in [6, 6.07) is 25.9. The Kier molecular flexibility index (Phi) is 11.8. The first kappa shape index (κ1) is 30.9. The number of benzene rings is 3. The van der Waals surface area contributed by atoms with Crippen molar-refractivity contribution in [2.24, 2.45) is 0 Å². The Morgan fingerprint density at radius 1 is 0.875 bits per heavy atom. The zero-order chi connectivity index (χ0) is 29.0. The molecule has 0 saturated heterocycles. The molecule has 0 radical (unpaired) electrons. The number of amides is 2. The van der Waals surface area contributed by atoms with Crippen LogP contribution in [-0.4, -0.2) is 50.5 Å². The maximum atomic E-state index is 13.8. The Hall–Kier alpha value is -3.65. The van der Waals surface area contributed by atoms with Crippen molar-refractivity contribution in [3.8, 4) is 0 Å². The third-order valence-electron chi connectivity index (χ3n) is 6.74. The molecule has 2 amide bonds. The van der Waals surface area contributed by atoms with Gasteiger partial charge in [-0.1, -0.05) is 86.1 Å². The number of rotatable bonds is 15. The SMILES string of the molecule is CCCCNC(=O)[C@H](Cc1ccccc1)N(Cc1ccccc1)C(=O)CCCN(c1cccc(C)c1)S(C)(=O)=O. The van der Waals surface area contributed by atoms with Crippen LogP contribution < -0.4 is 9.62 Å². The first-order chi connectivity index (χ1) is 19.2. The summed E-state index contributed by atoms with van der Waals surface area (Å²) in [7, 11) is -3.54. The number of aryl methyl sites for hydroxylation is 1. The minimum absolute atomic E-state index is 0.109. The number of carbonyl (C=O) groups is 2. The molecule has 3 aromatic carbocycles. The third-order valence-corrected chi connectivity index (χ3v) is 7.93. The highest BCUT2D eigenvalue weighted by Gasteiger charge is 2.30. The lowest BCUT2D eigenvalue weighted by Crippen LogP contribution is -2.50. The van der Waals surface area contributed by atoms with Crippen molar-refractivity contribution in [1.82, 2.24) is 10.2 Å². The molecule has 0 heterocycles. The predicted octanol–water partition coefficient (Wildman–Crippen LogP) is 5.10. The fraction of sp³-hybridized carbons (Fsp3) is 0.375. The Bertz CT molecular complexity index is 1330. The molecule has 3 rings (SSSR count). The molecule has 0 aliphatic rings. The maximum Gasteiger partial charge on any atom is 0.243 e. The monoisotopic (exact) mass is 563 g/mol. The minimum Gasteiger partial charge on any atom is -0.354 e. The van der Waals surface area contributed by atoms with Gasteiger partial charge in [-0.25, -0.2) is 8.42 Å². The standard InChI is InChI=1S/C32H41N3O4S/c1-4-5-21-33-32(37)30(24-27-15-8-6-9-16-27)34(25-28-17-10-7-11-18-28)31(36)20-13-22-35(40(3,38)39)29-19-12-14-26(2)23-29/h6-12,14-19,23,30H,4-5,13,20-22,24-25H2,1-3H3,(H,33,37)/t30-/m0/s1. The van der Waals surface area contributed by atoms with Gasteiger partial charge < -0.3 is 10.2 Å². The summed E-state index contributed by atoms with van der Waals surface area (Å²) in [4.78, 5) is 29.0. The van der Waals surface area contributed by atoms with Gasteiger partial charge in [0, 0.05) is 32.5 Å². The van der Waals surface area contributed by atoms with Crippen molar-refractivity contribution < 1.29 is 18.0 Å². The molecule has 0 aliphatic carbocycles. The Labute approximate surface area is 239 Å². The summed E-state index contributed by atoms with van der Waals surface area (Å²) in [5.41, 5.74) is 3.42. The normalized spacial score (nSPS) is 12.0. The predicted molar refractivity (Wildman–Crippen MR) is 161 cm³/mol. The lowest BCUT2D eigenvalue weighted by Gasteiger charge is -2.32. The van der Waals surface area contributed by atoms with E-state index >= 15 is 0 Å². The van der Waals surface area contributed by atoms with Gasteiger partial charge in [0.2, 0.25) is 21.8 Å². The second-order valence-electron chi connectivity index (χ2n) is 10.1. The van der Waals surface area contributed by atoms with Crippen LogP contribution in [0.15, 0.2) is 84.9 Å². The molecule has 0 saturated carbocycles. The number of sulfonamides is 1. The lowest BCUT2D eigenvalue weighted by molar-refractivity contribution is -0.141. The van der Waals surface area contributed by atoms with Crippen molar-refractivity contribution in [2.45, 2.75) is 58.5 Å². The molecule has 0 fully saturated rings. The van der Waals surface area contributed by atoms with E-state index in [4.69, 9.17) is 0 Å². The van der Waals surface area contributed by atoms with Gasteiger partial charge in [0.25, 0.3) is 0 Å². The summed E-state index contributed by atoms with van der Waals surface area (Å²) in [5.74, 6) is -0.368. The topological polar surface area (TPSA) is 86.8 Å². The Morgan fingerprint density at radius 3 is 2.12 bits per heavy atom. The van der Waals surface area contributed by atoms with Crippen molar-refractivity contribution in [3.63, 3.8) is 0 Å². The third kappa shape index (κ3) is 9.52. The number of anilines is 1. The van der Waals surface area contributed by atoms with Crippen LogP contribution in [0.2, 0.25) is 0 Å². The summed E-state index contributed by atoms with van der Waals surface area (Å²) in [5, 5.41) is 3.03. The molecule has 40 heavy (non-hydrogen) atoms. The maximum absolute atomic E-state index is 13.8. The first-order valence-corrected chi connectivity index (χ1v) is 15.7. The van der Waals surface area contributed by atoms with Crippen LogP contribution in [0.4, 0.5) is 5.69 Å². The number of hydrogen-bond donors (Lipinski definition) is 1. The van der Waals surface area contributed by atoms with Crippen LogP contribution in [0.3, 0.4) is 0 Å². The van der Waals surface area contributed by atoms with Gasteiger partial charge >= 0.3 is 0 Å². The Balaban J connectivity index is 1.84. The van der Waals surface area contributed by atoms with Gasteiger partial charge in [-0.15, -0.1) is 0 Å². The molecule has 1 atom stereocenters. The fourth-order valence-electron chi connectivity index (χ4n) is 4.63. The van der Waals surface area contributed by atoms with Gasteiger partial charge in [-0.05, 0) is 48.6 Å². The van der Waals surface area contributed by atoms with Crippen LogP contribution in [-0.2, 0) is 32.6 Å². The van der Waals surface area contributed by atoms with E-state index in [2.05, 4.69) is 12.2 Å². The fourth-order valence-corrected chi connectivity index (χ4v) is 5.58. The van der Waals surface area contributed by atoms with E-state index in [9.17, 15) is 18.0 Å². The van der Waals surface area contributed by atoms with E-state index in [-0.39, 0.29) is 31.3 Å². The second kappa shape index (κ2) is 15.2. The highest BCUT2D eigenvalue weighted by Crippen LogP contribution is 2.21. The van der Waals surface area contributed by atoms with Gasteiger partial charge in [-0.3, -0.25) is 13.9 Å². The molecule has 0 aliphatic heterocycles. The van der Waals surface area contributed by atoms with Crippen LogP contribution in [0.1, 0.15) is 49.3 Å². The lowest BCUT2D eigenvalue weighted by atomic mass is 10.0. The van der Waals surface area contributed by atoms with Crippen molar-refractivity contribution in [2.75, 3.05) is 23.7 Å². The smallest absolute Gasteiger partial charge is 0.243 e. The van der Waals surface area contributed by atoms with E-state index < -0.39 is 16.1 Å². The summed E-state index contributed by atoms with van der Waals surface area (Å²) in [6.45, 7) is 4.97. The summed E-state index contributed by atoms with van der Waals surface area (Å²) < 4.78 is 26.5. The van der Waals surface area contributed by atoms with E-state index in [0.29, 0.717) is 25.1 Å². The van der Waals surface area contributed by atoms with Crippen LogP contribution in [0.25, 0.3) is 0 Å². The van der Waals surface area contributed by atoms with Crippen molar-refractivity contribution in [3.05, 3.63) is 102 Å². The molecular formula is C32H41N3O4S. The number of hydrogen-bond acceptors (Lipinski definition) is 4.